The van der Waals surface area contributed by atoms with Crippen LogP contribution in [0, 0.1) is 0 Å². The topological polar surface area (TPSA) is 143 Å². The molecule has 2 unspecified atom stereocenters. The van der Waals surface area contributed by atoms with E-state index in [1.807, 2.05) is 29.2 Å². The summed E-state index contributed by atoms with van der Waals surface area (Å²) < 4.78 is 1.46. The van der Waals surface area contributed by atoms with Crippen molar-refractivity contribution >= 4 is 30.2 Å². The number of nitrogens with one attached hydrogen (secondary N) is 1. The highest BCUT2D eigenvalue weighted by Gasteiger charge is 2.45. The van der Waals surface area contributed by atoms with Gasteiger partial charge >= 0.3 is 11.7 Å². The van der Waals surface area contributed by atoms with Gasteiger partial charge in [-0.05, 0) is 76.4 Å². The third kappa shape index (κ3) is 6.43. The standard InChI is InChI=1S/C27H38N8O3.ClH/c1-27(2,29)24(36)34-16-22-8-7-21(34)17-35(22)26(38)31-23-11-14-33(25(37)30-23)20-5-3-18(4-6-20)15-32-12-9-19(28)10-13-32;/h3-6,11,14,19,21-22H,7-10,12-13,15-17,28-29H2,1-2H3,(H,30,31,37,38);1H. The Hall–Kier alpha value is -2.99. The van der Waals surface area contributed by atoms with E-state index in [1.54, 1.807) is 31.0 Å². The molecule has 2 aromatic rings. The van der Waals surface area contributed by atoms with Crippen molar-refractivity contribution in [1.29, 1.82) is 0 Å². The average molecular weight is 559 g/mol. The van der Waals surface area contributed by atoms with Crippen LogP contribution in [0.2, 0.25) is 0 Å². The normalized spacial score (nSPS) is 21.9. The second-order valence-electron chi connectivity index (χ2n) is 11.4. The molecule has 4 saturated heterocycles. The molecule has 0 aliphatic carbocycles. The number of rotatable bonds is 5. The molecule has 1 aromatic heterocycles. The van der Waals surface area contributed by atoms with Crippen molar-refractivity contribution in [3.63, 3.8) is 0 Å². The summed E-state index contributed by atoms with van der Waals surface area (Å²) in [6.07, 6.45) is 5.33. The minimum atomic E-state index is -0.944. The molecule has 4 fully saturated rings. The van der Waals surface area contributed by atoms with E-state index in [0.29, 0.717) is 24.8 Å². The van der Waals surface area contributed by atoms with Gasteiger partial charge in [0.1, 0.15) is 5.82 Å². The third-order valence-electron chi connectivity index (χ3n) is 7.89. The molecule has 5 N–H and O–H groups in total. The number of hydrogen-bond donors (Lipinski definition) is 3. The van der Waals surface area contributed by atoms with Crippen LogP contribution < -0.4 is 22.5 Å². The van der Waals surface area contributed by atoms with Crippen LogP contribution in [0.3, 0.4) is 0 Å². The summed E-state index contributed by atoms with van der Waals surface area (Å²) in [6, 6.07) is 9.34. The number of piperidine rings is 3. The van der Waals surface area contributed by atoms with Crippen molar-refractivity contribution in [3.05, 3.63) is 52.6 Å². The van der Waals surface area contributed by atoms with Crippen LogP contribution in [0.4, 0.5) is 10.6 Å². The minimum absolute atomic E-state index is 0. The van der Waals surface area contributed by atoms with Gasteiger partial charge < -0.3 is 21.3 Å². The van der Waals surface area contributed by atoms with Crippen LogP contribution in [0.15, 0.2) is 41.3 Å². The highest BCUT2D eigenvalue weighted by Crippen LogP contribution is 2.30. The number of amides is 3. The molecule has 5 heterocycles. The first-order valence-corrected chi connectivity index (χ1v) is 13.4. The average Bonchev–Trinajstić information content (AvgIpc) is 2.90. The monoisotopic (exact) mass is 558 g/mol. The van der Waals surface area contributed by atoms with Crippen LogP contribution in [0.5, 0.6) is 0 Å². The predicted octanol–water partition coefficient (Wildman–Crippen LogP) is 1.52. The first-order valence-electron chi connectivity index (χ1n) is 13.4. The van der Waals surface area contributed by atoms with Gasteiger partial charge in [0.25, 0.3) is 0 Å². The second-order valence-corrected chi connectivity index (χ2v) is 11.4. The van der Waals surface area contributed by atoms with Crippen molar-refractivity contribution in [3.8, 4) is 5.69 Å². The van der Waals surface area contributed by atoms with Gasteiger partial charge in [-0.15, -0.1) is 12.4 Å². The molecular formula is C27H39ClN8O3. The number of fused-ring (bicyclic) bond motifs is 3. The van der Waals surface area contributed by atoms with Crippen molar-refractivity contribution in [2.75, 3.05) is 31.5 Å². The largest absolute Gasteiger partial charge is 0.354 e. The van der Waals surface area contributed by atoms with Gasteiger partial charge in [0, 0.05) is 37.9 Å². The molecule has 212 valence electrons. The Bertz CT molecular complexity index is 1240. The fourth-order valence-corrected chi connectivity index (χ4v) is 5.68. The van der Waals surface area contributed by atoms with Crippen LogP contribution in [-0.2, 0) is 11.3 Å². The molecule has 1 aromatic carbocycles. The Kier molecular flexibility index (Phi) is 8.65. The Morgan fingerprint density at radius 3 is 2.18 bits per heavy atom. The van der Waals surface area contributed by atoms with E-state index in [9.17, 15) is 14.4 Å². The number of urea groups is 1. The van der Waals surface area contributed by atoms with E-state index in [2.05, 4.69) is 15.2 Å². The first kappa shape index (κ1) is 29.0. The lowest BCUT2D eigenvalue weighted by Gasteiger charge is -2.52. The van der Waals surface area contributed by atoms with Crippen molar-refractivity contribution < 1.29 is 9.59 Å². The van der Waals surface area contributed by atoms with Gasteiger partial charge in [-0.2, -0.15) is 4.98 Å². The van der Waals surface area contributed by atoms with Gasteiger partial charge in [0.05, 0.1) is 17.3 Å². The van der Waals surface area contributed by atoms with Crippen molar-refractivity contribution in [1.82, 2.24) is 24.3 Å². The molecule has 3 amide bonds. The van der Waals surface area contributed by atoms with Crippen LogP contribution in [0.1, 0.15) is 45.1 Å². The smallest absolute Gasteiger partial charge is 0.334 e. The number of hydrogen-bond acceptors (Lipinski definition) is 7. The zero-order valence-corrected chi connectivity index (χ0v) is 23.4. The van der Waals surface area contributed by atoms with E-state index in [4.69, 9.17) is 11.5 Å². The zero-order valence-electron chi connectivity index (χ0n) is 22.6. The number of anilines is 1. The molecule has 2 bridgehead atoms. The molecule has 0 radical (unpaired) electrons. The number of carbonyl (C=O) groups excluding carboxylic acids is 2. The molecule has 39 heavy (non-hydrogen) atoms. The van der Waals surface area contributed by atoms with E-state index in [-0.39, 0.29) is 42.2 Å². The predicted molar refractivity (Wildman–Crippen MR) is 152 cm³/mol. The number of halogens is 1. The molecule has 0 saturated carbocycles. The molecule has 2 atom stereocenters. The number of likely N-dealkylation sites (tertiary alicyclic amines) is 1. The van der Waals surface area contributed by atoms with Crippen LogP contribution >= 0.6 is 12.4 Å². The van der Waals surface area contributed by atoms with E-state index in [1.165, 1.54) is 10.1 Å². The number of nitrogens with zero attached hydrogens (tertiary/aromatic N) is 5. The Balaban J connectivity index is 0.00000353. The fourth-order valence-electron chi connectivity index (χ4n) is 5.68. The lowest BCUT2D eigenvalue weighted by Crippen LogP contribution is -2.68. The van der Waals surface area contributed by atoms with Gasteiger partial charge in [-0.3, -0.25) is 19.6 Å². The lowest BCUT2D eigenvalue weighted by atomic mass is 9.89. The lowest BCUT2D eigenvalue weighted by molar-refractivity contribution is -0.144. The molecule has 6 rings (SSSR count). The first-order chi connectivity index (χ1) is 18.1. The van der Waals surface area contributed by atoms with Crippen molar-refractivity contribution in [2.45, 2.75) is 69.7 Å². The molecule has 4 aliphatic heterocycles. The van der Waals surface area contributed by atoms with E-state index in [0.717, 1.165) is 45.3 Å². The number of carbonyl (C=O) groups is 2. The molecule has 12 heteroatoms. The van der Waals surface area contributed by atoms with Gasteiger partial charge in [0.2, 0.25) is 5.91 Å². The van der Waals surface area contributed by atoms with Gasteiger partial charge in [0.15, 0.2) is 0 Å². The summed E-state index contributed by atoms with van der Waals surface area (Å²) in [4.78, 5) is 48.6. The highest BCUT2D eigenvalue weighted by molar-refractivity contribution is 5.90. The van der Waals surface area contributed by atoms with Crippen molar-refractivity contribution in [2.24, 2.45) is 11.5 Å². The number of nitrogens with two attached hydrogens (primary N) is 2. The molecule has 0 spiro atoms. The highest BCUT2D eigenvalue weighted by atomic mass is 35.5. The minimum Gasteiger partial charge on any atom is -0.334 e. The molecule has 11 nitrogen and oxygen atoms in total. The maximum absolute atomic E-state index is 13.0. The SMILES string of the molecule is CC(C)(N)C(=O)N1CC2CCC1CN2C(=O)Nc1ccn(-c2ccc(CN3CCC(N)CC3)cc2)c(=O)n1.Cl. The number of aromatic nitrogens is 2. The maximum Gasteiger partial charge on any atom is 0.354 e. The fraction of sp³-hybridized carbons (Fsp3) is 0.556. The Morgan fingerprint density at radius 2 is 1.62 bits per heavy atom. The van der Waals surface area contributed by atoms with E-state index >= 15 is 0 Å². The Labute approximate surface area is 234 Å². The number of piperazine rings is 1. The summed E-state index contributed by atoms with van der Waals surface area (Å²) >= 11 is 0. The molecular weight excluding hydrogens is 520 g/mol. The van der Waals surface area contributed by atoms with Crippen LogP contribution in [0.25, 0.3) is 5.69 Å². The number of benzene rings is 1. The summed E-state index contributed by atoms with van der Waals surface area (Å²) in [5.41, 5.74) is 12.5. The van der Waals surface area contributed by atoms with Gasteiger partial charge in [-0.1, -0.05) is 12.1 Å². The molecule has 4 aliphatic rings. The second kappa shape index (κ2) is 11.6. The zero-order chi connectivity index (χ0) is 27.0. The third-order valence-corrected chi connectivity index (χ3v) is 7.89. The maximum atomic E-state index is 13.0. The van der Waals surface area contributed by atoms with Gasteiger partial charge in [-0.25, -0.2) is 9.59 Å². The summed E-state index contributed by atoms with van der Waals surface area (Å²) in [6.45, 7) is 7.17. The summed E-state index contributed by atoms with van der Waals surface area (Å²) in [5.74, 6) is 0.107. The quantitative estimate of drug-likeness (QED) is 0.505. The van der Waals surface area contributed by atoms with Crippen LogP contribution in [-0.4, -0.2) is 86.0 Å². The summed E-state index contributed by atoms with van der Waals surface area (Å²) in [7, 11) is 0. The van der Waals surface area contributed by atoms with E-state index < -0.39 is 11.2 Å². The Morgan fingerprint density at radius 1 is 1.00 bits per heavy atom. The summed E-state index contributed by atoms with van der Waals surface area (Å²) in [5, 5.41) is 2.77.